The summed E-state index contributed by atoms with van der Waals surface area (Å²) in [6.07, 6.45) is 1.52. The Balaban J connectivity index is 2.24. The molecule has 3 aromatic rings. The Morgan fingerprint density at radius 3 is 2.67 bits per heavy atom. The van der Waals surface area contributed by atoms with Gasteiger partial charge >= 0.3 is 5.97 Å². The normalized spacial score (nSPS) is 12.3. The summed E-state index contributed by atoms with van der Waals surface area (Å²) in [5.74, 6) is -2.87. The molecule has 6 heteroatoms. The minimum Gasteiger partial charge on any atom is -0.481 e. The monoisotopic (exact) mass is 326 g/mol. The number of H-pyrrole nitrogens is 1. The second-order valence-corrected chi connectivity index (χ2v) is 5.71. The van der Waals surface area contributed by atoms with Gasteiger partial charge in [0.1, 0.15) is 11.5 Å². The summed E-state index contributed by atoms with van der Waals surface area (Å²) in [5.41, 5.74) is 1.92. The molecule has 0 radical (unpaired) electrons. The smallest absolute Gasteiger partial charge is 0.310 e. The molecule has 0 aliphatic heterocycles. The zero-order chi connectivity index (χ0) is 17.4. The molecule has 2 heterocycles. The Bertz CT molecular complexity index is 962. The number of rotatable bonds is 4. The van der Waals surface area contributed by atoms with Crippen LogP contribution < -0.4 is 0 Å². The van der Waals surface area contributed by atoms with Crippen molar-refractivity contribution in [2.24, 2.45) is 0 Å². The van der Waals surface area contributed by atoms with Crippen molar-refractivity contribution in [1.29, 1.82) is 0 Å². The number of carboxylic acid groups (broad SMARTS) is 1. The van der Waals surface area contributed by atoms with Crippen LogP contribution in [0.15, 0.2) is 36.5 Å². The Labute approximate surface area is 137 Å². The number of fused-ring (bicyclic) bond motifs is 1. The Hall–Kier alpha value is -3.02. The number of nitrogens with zero attached hydrogens (tertiary/aromatic N) is 1. The fourth-order valence-electron chi connectivity index (χ4n) is 2.73. The van der Waals surface area contributed by atoms with Crippen molar-refractivity contribution in [3.05, 3.63) is 64.9 Å². The zero-order valence-corrected chi connectivity index (χ0v) is 13.1. The minimum atomic E-state index is -1.06. The van der Waals surface area contributed by atoms with Gasteiger partial charge in [0.25, 0.3) is 0 Å². The third kappa shape index (κ3) is 2.67. The van der Waals surface area contributed by atoms with Crippen LogP contribution in [-0.2, 0) is 4.79 Å². The summed E-state index contributed by atoms with van der Waals surface area (Å²) < 4.78 is 13.5. The van der Waals surface area contributed by atoms with E-state index in [9.17, 15) is 19.1 Å². The van der Waals surface area contributed by atoms with Gasteiger partial charge in [0.2, 0.25) is 5.78 Å². The molecule has 0 aliphatic carbocycles. The molecule has 3 rings (SSSR count). The number of carboxylic acids is 1. The van der Waals surface area contributed by atoms with Gasteiger partial charge in [-0.05, 0) is 49.7 Å². The maximum atomic E-state index is 13.5. The van der Waals surface area contributed by atoms with Gasteiger partial charge in [-0.3, -0.25) is 14.6 Å². The number of nitrogens with one attached hydrogen (secondary N) is 1. The van der Waals surface area contributed by atoms with Crippen molar-refractivity contribution in [3.8, 4) is 0 Å². The van der Waals surface area contributed by atoms with E-state index >= 15 is 0 Å². The quantitative estimate of drug-likeness (QED) is 0.720. The molecule has 2 N–H and O–H groups in total. The lowest BCUT2D eigenvalue weighted by Gasteiger charge is -2.08. The van der Waals surface area contributed by atoms with Crippen LogP contribution in [0.2, 0.25) is 0 Å². The highest BCUT2D eigenvalue weighted by molar-refractivity contribution is 6.12. The first-order chi connectivity index (χ1) is 11.4. The van der Waals surface area contributed by atoms with E-state index in [1.54, 1.807) is 12.1 Å². The Morgan fingerprint density at radius 2 is 2.00 bits per heavy atom. The molecule has 0 bridgehead atoms. The number of halogens is 1. The van der Waals surface area contributed by atoms with Gasteiger partial charge < -0.3 is 10.1 Å². The summed E-state index contributed by atoms with van der Waals surface area (Å²) in [6.45, 7) is 3.33. The number of hydrogen-bond donors (Lipinski definition) is 2. The van der Waals surface area contributed by atoms with Crippen LogP contribution in [0.4, 0.5) is 4.39 Å². The molecule has 1 aromatic carbocycles. The van der Waals surface area contributed by atoms with Gasteiger partial charge in [-0.2, -0.15) is 0 Å². The largest absolute Gasteiger partial charge is 0.481 e. The number of aryl methyl sites for hydroxylation is 1. The molecule has 2 aromatic heterocycles. The van der Waals surface area contributed by atoms with Gasteiger partial charge in [0, 0.05) is 22.7 Å². The van der Waals surface area contributed by atoms with Crippen LogP contribution in [0.1, 0.15) is 40.2 Å². The number of aliphatic carboxylic acids is 1. The Morgan fingerprint density at radius 1 is 1.25 bits per heavy atom. The summed E-state index contributed by atoms with van der Waals surface area (Å²) in [6, 6.07) is 7.36. The van der Waals surface area contributed by atoms with E-state index in [0.717, 1.165) is 5.56 Å². The highest BCUT2D eigenvalue weighted by Crippen LogP contribution is 2.31. The standard InChI is InChI=1S/C18H15FN2O3/c1-9-5-6-20-14(7-9)17(22)16-15(10(2)18(23)24)12-4-3-11(19)8-13(12)21-16/h3-8,10,21H,1-2H3,(H,23,24). The predicted molar refractivity (Wildman–Crippen MR) is 86.7 cm³/mol. The summed E-state index contributed by atoms with van der Waals surface area (Å²) >= 11 is 0. The van der Waals surface area contributed by atoms with Gasteiger partial charge in [0.05, 0.1) is 11.6 Å². The number of aromatic amines is 1. The van der Waals surface area contributed by atoms with E-state index in [4.69, 9.17) is 0 Å². The van der Waals surface area contributed by atoms with Gasteiger partial charge in [-0.15, -0.1) is 0 Å². The molecule has 0 saturated heterocycles. The molecule has 122 valence electrons. The van der Waals surface area contributed by atoms with Gasteiger partial charge in [0.15, 0.2) is 0 Å². The third-order valence-corrected chi connectivity index (χ3v) is 3.98. The second-order valence-electron chi connectivity index (χ2n) is 5.71. The molecule has 24 heavy (non-hydrogen) atoms. The van der Waals surface area contributed by atoms with Crippen molar-refractivity contribution >= 4 is 22.7 Å². The zero-order valence-electron chi connectivity index (χ0n) is 13.1. The molecule has 1 atom stereocenters. The van der Waals surface area contributed by atoms with Crippen molar-refractivity contribution in [1.82, 2.24) is 9.97 Å². The van der Waals surface area contributed by atoms with E-state index in [0.29, 0.717) is 16.5 Å². The van der Waals surface area contributed by atoms with E-state index < -0.39 is 23.5 Å². The molecule has 0 fully saturated rings. The lowest BCUT2D eigenvalue weighted by atomic mass is 9.95. The lowest BCUT2D eigenvalue weighted by molar-refractivity contribution is -0.138. The SMILES string of the molecule is Cc1ccnc(C(=O)c2[nH]c3cc(F)ccc3c2C(C)C(=O)O)c1. The number of pyridine rings is 1. The van der Waals surface area contributed by atoms with Crippen LogP contribution in [-0.4, -0.2) is 26.8 Å². The number of ketones is 1. The van der Waals surface area contributed by atoms with Crippen LogP contribution in [0.5, 0.6) is 0 Å². The maximum Gasteiger partial charge on any atom is 0.310 e. The van der Waals surface area contributed by atoms with Crippen molar-refractivity contribution in [3.63, 3.8) is 0 Å². The minimum absolute atomic E-state index is 0.128. The number of carbonyl (C=O) groups is 2. The topological polar surface area (TPSA) is 83.0 Å². The van der Waals surface area contributed by atoms with Crippen molar-refractivity contribution in [2.45, 2.75) is 19.8 Å². The summed E-state index contributed by atoms with van der Waals surface area (Å²) in [7, 11) is 0. The van der Waals surface area contributed by atoms with Crippen LogP contribution >= 0.6 is 0 Å². The highest BCUT2D eigenvalue weighted by atomic mass is 19.1. The Kier molecular flexibility index (Phi) is 3.89. The molecule has 0 spiro atoms. The molecule has 0 aliphatic rings. The molecule has 0 amide bonds. The first-order valence-corrected chi connectivity index (χ1v) is 7.39. The van der Waals surface area contributed by atoms with Crippen molar-refractivity contribution < 1.29 is 19.1 Å². The van der Waals surface area contributed by atoms with E-state index in [1.165, 1.54) is 31.3 Å². The fourth-order valence-corrected chi connectivity index (χ4v) is 2.73. The first-order valence-electron chi connectivity index (χ1n) is 7.39. The lowest BCUT2D eigenvalue weighted by Crippen LogP contribution is -2.13. The average molecular weight is 326 g/mol. The highest BCUT2D eigenvalue weighted by Gasteiger charge is 2.27. The van der Waals surface area contributed by atoms with E-state index in [1.807, 2.05) is 6.92 Å². The molecular weight excluding hydrogens is 311 g/mol. The summed E-state index contributed by atoms with van der Waals surface area (Å²) in [5, 5.41) is 9.89. The number of aromatic nitrogens is 2. The van der Waals surface area contributed by atoms with Crippen molar-refractivity contribution in [2.75, 3.05) is 0 Å². The average Bonchev–Trinajstić information content (AvgIpc) is 2.91. The predicted octanol–water partition coefficient (Wildman–Crippen LogP) is 3.43. The number of benzene rings is 1. The molecule has 0 saturated carbocycles. The van der Waals surface area contributed by atoms with Gasteiger partial charge in [-0.1, -0.05) is 0 Å². The van der Waals surface area contributed by atoms with Crippen LogP contribution in [0.3, 0.4) is 0 Å². The van der Waals surface area contributed by atoms with E-state index in [-0.39, 0.29) is 11.4 Å². The van der Waals surface area contributed by atoms with Crippen LogP contribution in [0.25, 0.3) is 10.9 Å². The molecular formula is C18H15FN2O3. The first kappa shape index (κ1) is 15.9. The fraction of sp³-hybridized carbons (Fsp3) is 0.167. The van der Waals surface area contributed by atoms with Gasteiger partial charge in [-0.25, -0.2) is 4.39 Å². The number of hydrogen-bond acceptors (Lipinski definition) is 3. The molecule has 1 unspecified atom stereocenters. The summed E-state index contributed by atoms with van der Waals surface area (Å²) in [4.78, 5) is 31.2. The number of carbonyl (C=O) groups excluding carboxylic acids is 1. The van der Waals surface area contributed by atoms with Crippen LogP contribution in [0, 0.1) is 12.7 Å². The van der Waals surface area contributed by atoms with E-state index in [2.05, 4.69) is 9.97 Å². The maximum absolute atomic E-state index is 13.5. The second kappa shape index (κ2) is 5.88. The third-order valence-electron chi connectivity index (χ3n) is 3.98. The molecule has 5 nitrogen and oxygen atoms in total.